The number of nitrogens with zero attached hydrogens (tertiary/aromatic N) is 2. The molecule has 0 unspecified atom stereocenters. The van der Waals surface area contributed by atoms with E-state index in [1.165, 1.54) is 27.8 Å². The van der Waals surface area contributed by atoms with E-state index in [1.54, 1.807) is 12.1 Å². The summed E-state index contributed by atoms with van der Waals surface area (Å²) in [6, 6.07) is 9.43. The van der Waals surface area contributed by atoms with Gasteiger partial charge in [-0.1, -0.05) is 17.7 Å². The van der Waals surface area contributed by atoms with Gasteiger partial charge in [0.2, 0.25) is 0 Å². The number of nitrogens with one attached hydrogen (secondary N) is 1. The Morgan fingerprint density at radius 2 is 2.00 bits per heavy atom. The van der Waals surface area contributed by atoms with E-state index in [9.17, 15) is 18.4 Å². The van der Waals surface area contributed by atoms with E-state index in [0.29, 0.717) is 5.69 Å². The van der Waals surface area contributed by atoms with Crippen molar-refractivity contribution in [2.24, 2.45) is 5.73 Å². The smallest absolute Gasteiger partial charge is 0.320 e. The van der Waals surface area contributed by atoms with Crippen LogP contribution in [-0.2, 0) is 13.2 Å². The monoisotopic (exact) mass is 446 g/mol. The molecule has 0 bridgehead atoms. The number of benzene rings is 2. The van der Waals surface area contributed by atoms with Crippen molar-refractivity contribution in [1.29, 1.82) is 0 Å². The minimum absolute atomic E-state index is 0.0877. The zero-order valence-corrected chi connectivity index (χ0v) is 16.8. The maximum absolute atomic E-state index is 13.8. The Hall–Kier alpha value is -3.59. The van der Waals surface area contributed by atoms with Gasteiger partial charge in [-0.3, -0.25) is 9.69 Å². The third kappa shape index (κ3) is 4.17. The average molecular weight is 447 g/mol. The van der Waals surface area contributed by atoms with Gasteiger partial charge >= 0.3 is 6.03 Å². The van der Waals surface area contributed by atoms with Crippen LogP contribution in [0.2, 0.25) is 5.02 Å². The molecule has 0 atom stereocenters. The summed E-state index contributed by atoms with van der Waals surface area (Å²) in [6.07, 6.45) is 1.50. The van der Waals surface area contributed by atoms with Gasteiger partial charge in [-0.25, -0.2) is 13.6 Å². The highest BCUT2D eigenvalue weighted by molar-refractivity contribution is 6.31. The fourth-order valence-electron chi connectivity index (χ4n) is 3.25. The number of fused-ring (bicyclic) bond motifs is 1. The molecule has 10 heteroatoms. The van der Waals surface area contributed by atoms with Crippen LogP contribution in [0, 0.1) is 11.6 Å². The molecular formula is C21H17ClF2N4O3. The molecular weight excluding hydrogens is 430 g/mol. The minimum Gasteiger partial charge on any atom is -0.487 e. The maximum atomic E-state index is 13.8. The number of hydrogen-bond acceptors (Lipinski definition) is 4. The zero-order chi connectivity index (χ0) is 22.1. The van der Waals surface area contributed by atoms with Gasteiger partial charge in [0.1, 0.15) is 29.0 Å². The number of halogens is 3. The predicted molar refractivity (Wildman–Crippen MR) is 112 cm³/mol. The number of carbonyl (C=O) groups excluding carboxylic acids is 1. The van der Waals surface area contributed by atoms with Gasteiger partial charge in [-0.15, -0.1) is 0 Å². The van der Waals surface area contributed by atoms with E-state index in [2.05, 4.69) is 5.32 Å². The second-order valence-electron chi connectivity index (χ2n) is 6.90. The van der Waals surface area contributed by atoms with Crippen LogP contribution in [0.5, 0.6) is 5.75 Å². The summed E-state index contributed by atoms with van der Waals surface area (Å²) in [6.45, 7) is 0.266. The molecule has 2 heterocycles. The number of pyridine rings is 1. The molecule has 1 aliphatic rings. The lowest BCUT2D eigenvalue weighted by molar-refractivity contribution is 0.254. The molecule has 3 N–H and O–H groups in total. The van der Waals surface area contributed by atoms with Gasteiger partial charge in [0.25, 0.3) is 5.56 Å². The van der Waals surface area contributed by atoms with Crippen molar-refractivity contribution >= 4 is 29.0 Å². The first kappa shape index (κ1) is 20.7. The number of amides is 2. The Bertz CT molecular complexity index is 1230. The average Bonchev–Trinajstić information content (AvgIpc) is 3.15. The third-order valence-corrected chi connectivity index (χ3v) is 5.22. The number of aromatic nitrogens is 1. The molecule has 0 saturated carbocycles. The first-order valence-electron chi connectivity index (χ1n) is 9.23. The summed E-state index contributed by atoms with van der Waals surface area (Å²) in [5, 5.41) is 2.90. The van der Waals surface area contributed by atoms with Gasteiger partial charge < -0.3 is 20.4 Å². The highest BCUT2D eigenvalue weighted by Crippen LogP contribution is 2.32. The Labute approximate surface area is 180 Å². The van der Waals surface area contributed by atoms with Crippen molar-refractivity contribution in [3.8, 4) is 5.75 Å². The molecule has 160 valence electrons. The van der Waals surface area contributed by atoms with Crippen molar-refractivity contribution in [1.82, 2.24) is 4.57 Å². The molecule has 3 aromatic rings. The zero-order valence-electron chi connectivity index (χ0n) is 16.1. The highest BCUT2D eigenvalue weighted by Gasteiger charge is 2.22. The van der Waals surface area contributed by atoms with E-state index in [4.69, 9.17) is 22.1 Å². The van der Waals surface area contributed by atoms with Crippen LogP contribution in [0.1, 0.15) is 11.1 Å². The van der Waals surface area contributed by atoms with Crippen LogP contribution in [-0.4, -0.2) is 17.3 Å². The molecule has 1 aliphatic heterocycles. The standard InChI is InChI=1S/C21H17ClF2N4O3/c22-19-18(31-10-13-2-3-14(23)8-15(13)24)5-6-27(20(19)29)9-12-1-4-16-17(7-12)28(11-26-16)21(25)30/h1-8,26H,9-11H2,(H2,25,30). The SMILES string of the molecule is NC(=O)N1CNc2ccc(Cn3ccc(OCc4ccc(F)cc4F)c(Cl)c3=O)cc21. The number of urea groups is 1. The highest BCUT2D eigenvalue weighted by atomic mass is 35.5. The Morgan fingerprint density at radius 1 is 1.19 bits per heavy atom. The lowest BCUT2D eigenvalue weighted by Gasteiger charge is -2.14. The largest absolute Gasteiger partial charge is 0.487 e. The molecule has 2 amide bonds. The van der Waals surface area contributed by atoms with Crippen LogP contribution in [0.4, 0.5) is 25.0 Å². The van der Waals surface area contributed by atoms with Crippen molar-refractivity contribution in [3.05, 3.63) is 86.8 Å². The Kier molecular flexibility index (Phi) is 5.51. The number of nitrogens with two attached hydrogens (primary N) is 1. The van der Waals surface area contributed by atoms with E-state index in [-0.39, 0.29) is 36.2 Å². The third-order valence-electron chi connectivity index (χ3n) is 4.87. The van der Waals surface area contributed by atoms with Crippen molar-refractivity contribution < 1.29 is 18.3 Å². The molecule has 0 aliphatic carbocycles. The number of rotatable bonds is 5. The normalized spacial score (nSPS) is 12.4. The lowest BCUT2D eigenvalue weighted by atomic mass is 10.1. The summed E-state index contributed by atoms with van der Waals surface area (Å²) < 4.78 is 33.6. The summed E-state index contributed by atoms with van der Waals surface area (Å²) in [4.78, 5) is 25.6. The fourth-order valence-corrected chi connectivity index (χ4v) is 3.48. The summed E-state index contributed by atoms with van der Waals surface area (Å²) in [5.74, 6) is -1.35. The molecule has 4 rings (SSSR count). The molecule has 0 saturated heterocycles. The number of primary amides is 1. The van der Waals surface area contributed by atoms with Crippen molar-refractivity contribution in [2.75, 3.05) is 16.9 Å². The summed E-state index contributed by atoms with van der Waals surface area (Å²) in [5.41, 5.74) is 7.17. The van der Waals surface area contributed by atoms with Crippen LogP contribution in [0.15, 0.2) is 53.5 Å². The van der Waals surface area contributed by atoms with Crippen LogP contribution < -0.4 is 26.2 Å². The number of ether oxygens (including phenoxy) is 1. The molecule has 31 heavy (non-hydrogen) atoms. The predicted octanol–water partition coefficient (Wildman–Crippen LogP) is 3.68. The van der Waals surface area contributed by atoms with Gasteiger partial charge in [-0.2, -0.15) is 0 Å². The molecule has 0 radical (unpaired) electrons. The fraction of sp³-hybridized carbons (Fsp3) is 0.143. The molecule has 0 fully saturated rings. The molecule has 1 aromatic heterocycles. The van der Waals surface area contributed by atoms with Gasteiger partial charge in [-0.05, 0) is 35.9 Å². The Morgan fingerprint density at radius 3 is 2.74 bits per heavy atom. The van der Waals surface area contributed by atoms with Crippen LogP contribution in [0.25, 0.3) is 0 Å². The first-order valence-corrected chi connectivity index (χ1v) is 9.60. The Balaban J connectivity index is 1.52. The summed E-state index contributed by atoms with van der Waals surface area (Å²) in [7, 11) is 0. The molecule has 2 aromatic carbocycles. The summed E-state index contributed by atoms with van der Waals surface area (Å²) >= 11 is 6.16. The molecule has 7 nitrogen and oxygen atoms in total. The van der Waals surface area contributed by atoms with Crippen LogP contribution >= 0.6 is 11.6 Å². The topological polar surface area (TPSA) is 89.6 Å². The van der Waals surface area contributed by atoms with E-state index < -0.39 is 23.2 Å². The number of carbonyl (C=O) groups is 1. The quantitative estimate of drug-likeness (QED) is 0.625. The van der Waals surface area contributed by atoms with Crippen molar-refractivity contribution in [2.45, 2.75) is 13.2 Å². The molecule has 0 spiro atoms. The van der Waals surface area contributed by atoms with Gasteiger partial charge in [0.15, 0.2) is 0 Å². The van der Waals surface area contributed by atoms with Gasteiger partial charge in [0.05, 0.1) is 24.6 Å². The maximum Gasteiger partial charge on any atom is 0.320 e. The number of anilines is 2. The number of hydrogen-bond donors (Lipinski definition) is 2. The minimum atomic E-state index is -0.749. The van der Waals surface area contributed by atoms with Crippen LogP contribution in [0.3, 0.4) is 0 Å². The van der Waals surface area contributed by atoms with Gasteiger partial charge in [0, 0.05) is 17.8 Å². The first-order chi connectivity index (χ1) is 14.8. The van der Waals surface area contributed by atoms with E-state index in [0.717, 1.165) is 23.4 Å². The van der Waals surface area contributed by atoms with E-state index in [1.807, 2.05) is 6.07 Å². The second kappa shape index (κ2) is 8.27. The lowest BCUT2D eigenvalue weighted by Crippen LogP contribution is -2.35. The second-order valence-corrected chi connectivity index (χ2v) is 7.28. The van der Waals surface area contributed by atoms with E-state index >= 15 is 0 Å². The van der Waals surface area contributed by atoms with Crippen molar-refractivity contribution in [3.63, 3.8) is 0 Å².